The molecule has 0 saturated carbocycles. The normalized spacial score (nSPS) is 11.8. The van der Waals surface area contributed by atoms with Gasteiger partial charge in [-0.2, -0.15) is 0 Å². The van der Waals surface area contributed by atoms with Crippen LogP contribution in [0.4, 0.5) is 0 Å². The first-order valence-electron chi connectivity index (χ1n) is 8.56. The Hall–Kier alpha value is -2.69. The average molecular weight is 335 g/mol. The van der Waals surface area contributed by atoms with E-state index in [1.807, 2.05) is 39.7 Å². The number of imidazole rings is 1. The van der Waals surface area contributed by atoms with E-state index in [0.29, 0.717) is 5.92 Å². The third-order valence-corrected chi connectivity index (χ3v) is 4.08. The van der Waals surface area contributed by atoms with Crippen molar-refractivity contribution in [2.75, 3.05) is 0 Å². The number of nitrogens with zero attached hydrogens (tertiary/aromatic N) is 5. The minimum atomic E-state index is 0.131. The van der Waals surface area contributed by atoms with Gasteiger partial charge in [0.2, 0.25) is 0 Å². The van der Waals surface area contributed by atoms with Gasteiger partial charge in [0.25, 0.3) is 0 Å². The maximum absolute atomic E-state index is 4.41. The second kappa shape index (κ2) is 6.67. The molecule has 0 radical (unpaired) electrons. The van der Waals surface area contributed by atoms with Gasteiger partial charge in [0.15, 0.2) is 0 Å². The quantitative estimate of drug-likeness (QED) is 0.515. The second-order valence-electron chi connectivity index (χ2n) is 7.53. The lowest BCUT2D eigenvalue weighted by Gasteiger charge is -2.17. The predicted molar refractivity (Wildman–Crippen MR) is 101 cm³/mol. The Labute approximate surface area is 148 Å². The minimum absolute atomic E-state index is 0.131. The number of hydrogen-bond acceptors (Lipinski definition) is 3. The summed E-state index contributed by atoms with van der Waals surface area (Å²) in [7, 11) is 0. The van der Waals surface area contributed by atoms with E-state index >= 15 is 0 Å². The molecule has 0 unspecified atom stereocenters. The first-order valence-corrected chi connectivity index (χ1v) is 8.56. The summed E-state index contributed by atoms with van der Waals surface area (Å²) in [6.45, 7) is 10.8. The molecule has 25 heavy (non-hydrogen) atoms. The highest BCUT2D eigenvalue weighted by Crippen LogP contribution is 2.20. The monoisotopic (exact) mass is 335 g/mol. The number of rotatable bonds is 1. The van der Waals surface area contributed by atoms with Crippen LogP contribution in [0.3, 0.4) is 0 Å². The zero-order valence-electron chi connectivity index (χ0n) is 15.5. The lowest BCUT2D eigenvalue weighted by atomic mass is 9.92. The van der Waals surface area contributed by atoms with Crippen molar-refractivity contribution in [1.82, 2.24) is 23.8 Å². The largest absolute Gasteiger partial charge is 0.308 e. The Morgan fingerprint density at radius 3 is 2.40 bits per heavy atom. The lowest BCUT2D eigenvalue weighted by molar-refractivity contribution is 0.567. The third-order valence-electron chi connectivity index (χ3n) is 4.08. The van der Waals surface area contributed by atoms with E-state index in [4.69, 9.17) is 0 Å². The summed E-state index contributed by atoms with van der Waals surface area (Å²) in [6.07, 6.45) is 9.36. The summed E-state index contributed by atoms with van der Waals surface area (Å²) in [5.41, 5.74) is 4.53. The molecule has 0 saturated heterocycles. The van der Waals surface area contributed by atoms with Crippen LogP contribution in [0.15, 0.2) is 55.5 Å². The summed E-state index contributed by atoms with van der Waals surface area (Å²) in [4.78, 5) is 12.9. The first-order chi connectivity index (χ1) is 11.8. The standard InChI is InChI=1S/C11H14N2.C9H11N3/c1-11(2,3)10-7-9-5-4-6-13(9)8-12-10;1-7(2)8-5-9-10-3-4-12(9)6-11-8/h4-8H,1-3H3;3-7H,1-2H3. The fourth-order valence-corrected chi connectivity index (χ4v) is 2.49. The van der Waals surface area contributed by atoms with Crippen molar-refractivity contribution >= 4 is 11.2 Å². The molecular weight excluding hydrogens is 310 g/mol. The van der Waals surface area contributed by atoms with Gasteiger partial charge in [0, 0.05) is 47.0 Å². The summed E-state index contributed by atoms with van der Waals surface area (Å²) in [5.74, 6) is 0.465. The molecule has 4 rings (SSSR count). The van der Waals surface area contributed by atoms with Crippen molar-refractivity contribution < 1.29 is 0 Å². The van der Waals surface area contributed by atoms with E-state index in [1.165, 1.54) is 5.52 Å². The molecular formula is C20H25N5. The number of fused-ring (bicyclic) bond motifs is 2. The molecule has 0 spiro atoms. The lowest BCUT2D eigenvalue weighted by Crippen LogP contribution is -2.13. The second-order valence-corrected chi connectivity index (χ2v) is 7.53. The van der Waals surface area contributed by atoms with Crippen LogP contribution in [0, 0.1) is 0 Å². The van der Waals surface area contributed by atoms with E-state index in [1.54, 1.807) is 12.5 Å². The van der Waals surface area contributed by atoms with Gasteiger partial charge in [-0.15, -0.1) is 0 Å². The van der Waals surface area contributed by atoms with Crippen molar-refractivity contribution in [1.29, 1.82) is 0 Å². The minimum Gasteiger partial charge on any atom is -0.308 e. The molecule has 5 heteroatoms. The fraction of sp³-hybridized carbons (Fsp3) is 0.350. The van der Waals surface area contributed by atoms with Crippen LogP contribution < -0.4 is 0 Å². The summed E-state index contributed by atoms with van der Waals surface area (Å²) >= 11 is 0. The summed E-state index contributed by atoms with van der Waals surface area (Å²) < 4.78 is 3.93. The molecule has 130 valence electrons. The number of hydrogen-bond donors (Lipinski definition) is 0. The predicted octanol–water partition coefficient (Wildman–Crippen LogP) is 4.48. The SMILES string of the molecule is CC(C)(C)c1cc2cccn2cn1.CC(C)c1cc2nccn2cn1. The van der Waals surface area contributed by atoms with E-state index in [2.05, 4.69) is 61.7 Å². The maximum atomic E-state index is 4.41. The Morgan fingerprint density at radius 2 is 1.68 bits per heavy atom. The van der Waals surface area contributed by atoms with Crippen LogP contribution in [-0.4, -0.2) is 23.8 Å². The molecule has 0 aliphatic heterocycles. The highest BCUT2D eigenvalue weighted by atomic mass is 15.0. The maximum Gasteiger partial charge on any atom is 0.139 e. The first kappa shape index (κ1) is 17.1. The highest BCUT2D eigenvalue weighted by Gasteiger charge is 2.15. The summed E-state index contributed by atoms with van der Waals surface area (Å²) in [6, 6.07) is 8.28. The summed E-state index contributed by atoms with van der Waals surface area (Å²) in [5, 5.41) is 0. The Kier molecular flexibility index (Phi) is 4.57. The van der Waals surface area contributed by atoms with Gasteiger partial charge in [-0.25, -0.2) is 15.0 Å². The van der Waals surface area contributed by atoms with Crippen molar-refractivity contribution in [2.24, 2.45) is 0 Å². The third kappa shape index (κ3) is 3.87. The Bertz CT molecular complexity index is 972. The van der Waals surface area contributed by atoms with Crippen molar-refractivity contribution in [3.05, 3.63) is 66.9 Å². The van der Waals surface area contributed by atoms with Crippen LogP contribution in [0.1, 0.15) is 51.9 Å². The molecule has 4 aromatic rings. The molecule has 4 heterocycles. The Morgan fingerprint density at radius 1 is 0.920 bits per heavy atom. The van der Waals surface area contributed by atoms with Crippen molar-refractivity contribution in [3.8, 4) is 0 Å². The molecule has 0 aliphatic rings. The molecule has 0 atom stereocenters. The smallest absolute Gasteiger partial charge is 0.139 e. The van der Waals surface area contributed by atoms with Crippen LogP contribution in [0.5, 0.6) is 0 Å². The van der Waals surface area contributed by atoms with Crippen LogP contribution in [-0.2, 0) is 5.41 Å². The molecule has 0 amide bonds. The van der Waals surface area contributed by atoms with E-state index in [-0.39, 0.29) is 5.41 Å². The molecule has 4 aromatic heterocycles. The van der Waals surface area contributed by atoms with E-state index < -0.39 is 0 Å². The van der Waals surface area contributed by atoms with Crippen LogP contribution in [0.25, 0.3) is 11.2 Å². The van der Waals surface area contributed by atoms with Crippen molar-refractivity contribution in [3.63, 3.8) is 0 Å². The molecule has 0 fully saturated rings. The van der Waals surface area contributed by atoms with Gasteiger partial charge in [-0.3, -0.25) is 4.40 Å². The van der Waals surface area contributed by atoms with Gasteiger partial charge >= 0.3 is 0 Å². The average Bonchev–Trinajstić information content (AvgIpc) is 3.22. The molecule has 0 aliphatic carbocycles. The topological polar surface area (TPSA) is 47.5 Å². The zero-order valence-corrected chi connectivity index (χ0v) is 15.5. The van der Waals surface area contributed by atoms with Crippen LogP contribution >= 0.6 is 0 Å². The number of aromatic nitrogens is 5. The van der Waals surface area contributed by atoms with Gasteiger partial charge in [0.05, 0.1) is 6.33 Å². The fourth-order valence-electron chi connectivity index (χ4n) is 2.49. The van der Waals surface area contributed by atoms with Gasteiger partial charge in [0.1, 0.15) is 12.0 Å². The highest BCUT2D eigenvalue weighted by molar-refractivity contribution is 5.48. The van der Waals surface area contributed by atoms with Gasteiger partial charge < -0.3 is 4.40 Å². The molecule has 0 aromatic carbocycles. The van der Waals surface area contributed by atoms with Crippen LogP contribution in [0.2, 0.25) is 0 Å². The van der Waals surface area contributed by atoms with Crippen molar-refractivity contribution in [2.45, 2.75) is 46.0 Å². The van der Waals surface area contributed by atoms with E-state index in [9.17, 15) is 0 Å². The van der Waals surface area contributed by atoms with Gasteiger partial charge in [-0.05, 0) is 24.1 Å². The van der Waals surface area contributed by atoms with Gasteiger partial charge in [-0.1, -0.05) is 34.6 Å². The zero-order chi connectivity index (χ0) is 18.0. The molecule has 0 bridgehead atoms. The molecule has 5 nitrogen and oxygen atoms in total. The molecule has 0 N–H and O–H groups in total. The van der Waals surface area contributed by atoms with E-state index in [0.717, 1.165) is 17.0 Å². The Balaban J connectivity index is 0.000000146.